The van der Waals surface area contributed by atoms with Gasteiger partial charge in [-0.1, -0.05) is 0 Å². The van der Waals surface area contributed by atoms with E-state index in [2.05, 4.69) is 39.9 Å². The van der Waals surface area contributed by atoms with Crippen LogP contribution >= 0.6 is 0 Å². The Kier molecular flexibility index (Phi) is 148. The number of imidazole rings is 8. The second-order valence-corrected chi connectivity index (χ2v) is 9.83. The molecule has 0 bridgehead atoms. The van der Waals surface area contributed by atoms with Gasteiger partial charge in [-0.15, -0.1) is 0 Å². The molecule has 34 heteroatoms. The summed E-state index contributed by atoms with van der Waals surface area (Å²) < 4.78 is 15.1. The largest absolute Gasteiger partial charge is 2.00 e. The molecule has 8 aromatic rings. The Balaban J connectivity index is -0.0000000240. The second-order valence-electron chi connectivity index (χ2n) is 9.83. The van der Waals surface area contributed by atoms with Gasteiger partial charge in [-0.2, -0.15) is 0 Å². The van der Waals surface area contributed by atoms with Crippen LogP contribution in [0, 0.1) is 0 Å². The van der Waals surface area contributed by atoms with Crippen molar-refractivity contribution >= 4 is 0 Å². The fourth-order valence-electron chi connectivity index (χ4n) is 2.61. The summed E-state index contributed by atoms with van der Waals surface area (Å²) in [6, 6.07) is 0. The molecule has 0 fully saturated rings. The maximum Gasteiger partial charge on any atom is 2.00 e. The van der Waals surface area contributed by atoms with Gasteiger partial charge in [0.1, 0.15) is 0 Å². The summed E-state index contributed by atoms with van der Waals surface area (Å²) in [5.41, 5.74) is 0. The van der Waals surface area contributed by atoms with Gasteiger partial charge >= 0.3 is 34.1 Å². The van der Waals surface area contributed by atoms with E-state index < -0.39 is 0 Å². The van der Waals surface area contributed by atoms with E-state index in [0.29, 0.717) is 0 Å². The molecule has 0 spiro atoms. The summed E-state index contributed by atoms with van der Waals surface area (Å²) in [6.07, 6.45) is 43.1. The van der Waals surface area contributed by atoms with Crippen LogP contribution in [0.3, 0.4) is 0 Å². The van der Waals surface area contributed by atoms with Crippen molar-refractivity contribution in [3.8, 4) is 0 Å². The summed E-state index contributed by atoms with van der Waals surface area (Å²) in [4.78, 5) is 30.3. The molecular weight excluding hydrogens is 1130 g/mol. The molecule has 0 aliphatic carbocycles. The first kappa shape index (κ1) is 119. The molecule has 0 N–H and O–H groups in total. The molecule has 0 atom stereocenters. The Bertz CT molecular complexity index is 1340. The SMILES string of the molecule is Cn1ccnc1.Cn1ccnc1.Cn1ccnc1.Cn1ccnc1.Cn1ccnc1.Cn1ccnc1.Cn1ccnc1.Cn1ccnc1.[Cu+2].[Cu+2].[O-2].[O-2].[O-2].[O-2].[O-2].[O-2].[O-2].[O-2].[O-2].[O-2].[O-2].[O-2].[V].[V].[V].[V]. The maximum absolute atomic E-state index is 3.78. The molecule has 0 amide bonds. The minimum Gasteiger partial charge on any atom is -2.00 e. The zero-order valence-electron chi connectivity index (χ0n) is 36.3. The fraction of sp³-hybridized carbons (Fsp3) is 0.250. The summed E-state index contributed by atoms with van der Waals surface area (Å²) in [5, 5.41) is 0. The molecule has 6 radical (unpaired) electrons. The van der Waals surface area contributed by atoms with Crippen molar-refractivity contribution in [3.05, 3.63) is 150 Å². The average molecular weight is 1180 g/mol. The van der Waals surface area contributed by atoms with Crippen molar-refractivity contribution < 1.29 is 174 Å². The van der Waals surface area contributed by atoms with E-state index in [1.807, 2.05) is 142 Å². The predicted octanol–water partition coefficient (Wildman–Crippen LogP) is 1.92. The molecule has 0 aliphatic heterocycles. The summed E-state index contributed by atoms with van der Waals surface area (Å²) in [5.74, 6) is 0. The minimum atomic E-state index is 0. The summed E-state index contributed by atoms with van der Waals surface area (Å²) >= 11 is 0. The monoisotopic (exact) mass is 1180 g/mol. The van der Waals surface area contributed by atoms with Crippen LogP contribution in [0.4, 0.5) is 0 Å². The molecule has 8 heterocycles. The Morgan fingerprint density at radius 3 is 0.288 bits per heavy atom. The van der Waals surface area contributed by atoms with E-state index >= 15 is 0 Å². The van der Waals surface area contributed by atoms with Crippen LogP contribution in [0.2, 0.25) is 0 Å². The van der Waals surface area contributed by atoms with Crippen LogP contribution in [0.15, 0.2) is 150 Å². The van der Waals surface area contributed by atoms with E-state index in [1.165, 1.54) is 0 Å². The van der Waals surface area contributed by atoms with Gasteiger partial charge in [0, 0.05) is 230 Å². The smallest absolute Gasteiger partial charge is 2.00 e. The van der Waals surface area contributed by atoms with Crippen molar-refractivity contribution in [1.29, 1.82) is 0 Å². The van der Waals surface area contributed by atoms with E-state index in [-0.39, 0.29) is 174 Å². The van der Waals surface area contributed by atoms with Crippen LogP contribution in [-0.2, 0) is 230 Å². The first-order chi connectivity index (χ1) is 23.2. The van der Waals surface area contributed by atoms with Crippen LogP contribution in [-0.4, -0.2) is 76.4 Å². The third-order valence-electron chi connectivity index (χ3n) is 5.09. The summed E-state index contributed by atoms with van der Waals surface area (Å²) in [6.45, 7) is 0. The first-order valence-corrected chi connectivity index (χ1v) is 14.5. The van der Waals surface area contributed by atoms with Crippen molar-refractivity contribution in [2.45, 2.75) is 0 Å². The molecule has 8 aromatic heterocycles. The number of rotatable bonds is 0. The van der Waals surface area contributed by atoms with E-state index in [9.17, 15) is 0 Å². The molecule has 0 aromatic carbocycles. The van der Waals surface area contributed by atoms with Crippen LogP contribution in [0.5, 0.6) is 0 Å². The Morgan fingerprint density at radius 2 is 0.273 bits per heavy atom. The third kappa shape index (κ3) is 77.8. The van der Waals surface area contributed by atoms with Crippen molar-refractivity contribution in [3.63, 3.8) is 0 Å². The van der Waals surface area contributed by atoms with Gasteiger partial charge in [-0.05, 0) is 0 Å². The average Bonchev–Trinajstić information content (AvgIpc) is 3.87. The van der Waals surface area contributed by atoms with Crippen molar-refractivity contribution in [1.82, 2.24) is 76.4 Å². The van der Waals surface area contributed by atoms with E-state index in [4.69, 9.17) is 0 Å². The predicted molar refractivity (Wildman–Crippen MR) is 194 cm³/mol. The van der Waals surface area contributed by atoms with Crippen molar-refractivity contribution in [2.75, 3.05) is 0 Å². The maximum atomic E-state index is 3.78. The van der Waals surface area contributed by atoms with Gasteiger partial charge in [0.25, 0.3) is 0 Å². The zero-order valence-corrected chi connectivity index (χ0v) is 43.8. The zero-order chi connectivity index (χ0) is 35.2. The number of aromatic nitrogens is 16. The minimum absolute atomic E-state index is 0. The number of hydrogen-bond donors (Lipinski definition) is 0. The molecule has 28 nitrogen and oxygen atoms in total. The van der Waals surface area contributed by atoms with Crippen molar-refractivity contribution in [2.24, 2.45) is 56.4 Å². The first-order valence-electron chi connectivity index (χ1n) is 14.5. The molecule has 390 valence electrons. The van der Waals surface area contributed by atoms with Gasteiger partial charge in [0.2, 0.25) is 0 Å². The van der Waals surface area contributed by atoms with E-state index in [0.717, 1.165) is 0 Å². The Labute approximate surface area is 453 Å². The number of nitrogens with zero attached hydrogens (tertiary/aromatic N) is 16. The molecule has 8 rings (SSSR count). The quantitative estimate of drug-likeness (QED) is 0.201. The molecule has 0 saturated heterocycles. The number of aryl methyl sites for hydroxylation is 8. The van der Waals surface area contributed by atoms with Crippen LogP contribution in [0.25, 0.3) is 0 Å². The fourth-order valence-corrected chi connectivity index (χ4v) is 2.61. The molecule has 0 unspecified atom stereocenters. The van der Waals surface area contributed by atoms with Crippen LogP contribution in [0.1, 0.15) is 0 Å². The van der Waals surface area contributed by atoms with Gasteiger partial charge in [-0.25, -0.2) is 39.9 Å². The van der Waals surface area contributed by atoms with Gasteiger partial charge in [0.15, 0.2) is 0 Å². The van der Waals surface area contributed by atoms with Gasteiger partial charge < -0.3 is 102 Å². The third-order valence-corrected chi connectivity index (χ3v) is 5.09. The Hall–Kier alpha value is -3.42. The normalized spacial score (nSPS) is 6.42. The second kappa shape index (κ2) is 81.7. The standard InChI is InChI=1S/8C4H6N2.2Cu.12O.4V/c8*1-6-3-2-5-4-6;;;;;;;;;;;;;;;;;;/h8*2-4H,1H3;;;;;;;;;;;;;;;;;;/q;;;;;;;;2*+2;12*-2;;;;. The summed E-state index contributed by atoms with van der Waals surface area (Å²) in [7, 11) is 15.5. The van der Waals surface area contributed by atoms with E-state index in [1.54, 1.807) is 100 Å². The molecule has 0 saturated carbocycles. The Morgan fingerprint density at radius 1 is 0.197 bits per heavy atom. The van der Waals surface area contributed by atoms with Crippen LogP contribution < -0.4 is 0 Å². The van der Waals surface area contributed by atoms with Gasteiger partial charge in [-0.3, -0.25) is 0 Å². The topological polar surface area (TPSA) is 485 Å². The molecular formula is C32H48Cu2N16O12V4-20. The molecule has 0 aliphatic rings. The molecule has 66 heavy (non-hydrogen) atoms. The number of hydrogen-bond acceptors (Lipinski definition) is 8. The van der Waals surface area contributed by atoms with Gasteiger partial charge in [0.05, 0.1) is 50.6 Å².